The molecule has 0 aliphatic rings. The molecule has 0 bridgehead atoms. The molecule has 3 heteroatoms. The zero-order chi connectivity index (χ0) is 14.4. The van der Waals surface area contributed by atoms with E-state index in [9.17, 15) is 4.79 Å². The summed E-state index contributed by atoms with van der Waals surface area (Å²) >= 11 is 0. The van der Waals surface area contributed by atoms with Gasteiger partial charge in [-0.15, -0.1) is 0 Å². The molecule has 0 radical (unpaired) electrons. The van der Waals surface area contributed by atoms with Crippen LogP contribution in [0.25, 0.3) is 0 Å². The van der Waals surface area contributed by atoms with E-state index in [1.54, 1.807) is 0 Å². The van der Waals surface area contributed by atoms with Crippen molar-refractivity contribution >= 4 is 11.6 Å². The Labute approximate surface area is 120 Å². The van der Waals surface area contributed by atoms with E-state index in [0.717, 1.165) is 11.3 Å². The van der Waals surface area contributed by atoms with E-state index in [1.807, 2.05) is 68.4 Å². The first-order valence-electron chi connectivity index (χ1n) is 6.80. The van der Waals surface area contributed by atoms with Crippen LogP contribution < -0.4 is 10.6 Å². The van der Waals surface area contributed by atoms with E-state index in [-0.39, 0.29) is 11.9 Å². The molecule has 0 saturated heterocycles. The maximum atomic E-state index is 12.0. The van der Waals surface area contributed by atoms with Crippen molar-refractivity contribution in [2.45, 2.75) is 26.4 Å². The standard InChI is InChI=1S/C17H20N2O/c1-13-7-6-10-16(11-13)19-14(2)17(20)18-12-15-8-4-3-5-9-15/h3-11,14,19H,12H2,1-2H3,(H,18,20)/t14-/m0/s1. The SMILES string of the molecule is Cc1cccc(N[C@@H](C)C(=O)NCc2ccccc2)c1. The van der Waals surface area contributed by atoms with Gasteiger partial charge < -0.3 is 10.6 Å². The minimum Gasteiger partial charge on any atom is -0.374 e. The molecular formula is C17H20N2O. The van der Waals surface area contributed by atoms with E-state index >= 15 is 0 Å². The van der Waals surface area contributed by atoms with Gasteiger partial charge in [-0.1, -0.05) is 42.5 Å². The first-order chi connectivity index (χ1) is 9.65. The van der Waals surface area contributed by atoms with E-state index in [2.05, 4.69) is 10.6 Å². The van der Waals surface area contributed by atoms with Gasteiger partial charge in [0.25, 0.3) is 0 Å². The van der Waals surface area contributed by atoms with Crippen molar-refractivity contribution in [1.82, 2.24) is 5.32 Å². The average molecular weight is 268 g/mol. The Morgan fingerprint density at radius 1 is 1.10 bits per heavy atom. The second kappa shape index (κ2) is 6.75. The van der Waals surface area contributed by atoms with Crippen LogP contribution in [0, 0.1) is 6.92 Å². The summed E-state index contributed by atoms with van der Waals surface area (Å²) in [6.45, 7) is 4.45. The fraction of sp³-hybridized carbons (Fsp3) is 0.235. The largest absolute Gasteiger partial charge is 0.374 e. The lowest BCUT2D eigenvalue weighted by Crippen LogP contribution is -2.37. The number of hydrogen-bond acceptors (Lipinski definition) is 2. The lowest BCUT2D eigenvalue weighted by Gasteiger charge is -2.15. The predicted octanol–water partition coefficient (Wildman–Crippen LogP) is 3.11. The van der Waals surface area contributed by atoms with Gasteiger partial charge in [0.05, 0.1) is 0 Å². The molecule has 0 heterocycles. The van der Waals surface area contributed by atoms with Crippen LogP contribution in [0.1, 0.15) is 18.1 Å². The highest BCUT2D eigenvalue weighted by Crippen LogP contribution is 2.10. The molecule has 0 saturated carbocycles. The van der Waals surface area contributed by atoms with Gasteiger partial charge in [0, 0.05) is 12.2 Å². The summed E-state index contributed by atoms with van der Waals surface area (Å²) in [6.07, 6.45) is 0. The number of hydrogen-bond donors (Lipinski definition) is 2. The third-order valence-corrected chi connectivity index (χ3v) is 3.10. The number of nitrogens with one attached hydrogen (secondary N) is 2. The third kappa shape index (κ3) is 4.12. The Bertz CT molecular complexity index is 566. The van der Waals surface area contributed by atoms with Crippen LogP contribution in [0.2, 0.25) is 0 Å². The lowest BCUT2D eigenvalue weighted by atomic mass is 10.2. The van der Waals surface area contributed by atoms with E-state index in [4.69, 9.17) is 0 Å². The molecular weight excluding hydrogens is 248 g/mol. The maximum absolute atomic E-state index is 12.0. The molecule has 0 unspecified atom stereocenters. The molecule has 2 rings (SSSR count). The zero-order valence-electron chi connectivity index (χ0n) is 11.9. The Morgan fingerprint density at radius 2 is 1.85 bits per heavy atom. The summed E-state index contributed by atoms with van der Waals surface area (Å²) in [4.78, 5) is 12.0. The minimum atomic E-state index is -0.263. The van der Waals surface area contributed by atoms with Gasteiger partial charge in [-0.25, -0.2) is 0 Å². The van der Waals surface area contributed by atoms with Crippen LogP contribution in [0.15, 0.2) is 54.6 Å². The van der Waals surface area contributed by atoms with Crippen molar-refractivity contribution in [3.63, 3.8) is 0 Å². The summed E-state index contributed by atoms with van der Waals surface area (Å²) in [5.74, 6) is -0.00430. The van der Waals surface area contributed by atoms with Crippen molar-refractivity contribution in [1.29, 1.82) is 0 Å². The van der Waals surface area contributed by atoms with Crippen molar-refractivity contribution in [3.05, 3.63) is 65.7 Å². The second-order valence-electron chi connectivity index (χ2n) is 4.94. The summed E-state index contributed by atoms with van der Waals surface area (Å²) in [5.41, 5.74) is 3.24. The van der Waals surface area contributed by atoms with Gasteiger partial charge in [0.1, 0.15) is 6.04 Å². The fourth-order valence-corrected chi connectivity index (χ4v) is 1.99. The molecule has 0 aliphatic carbocycles. The van der Waals surface area contributed by atoms with Crippen LogP contribution >= 0.6 is 0 Å². The Balaban J connectivity index is 1.86. The quantitative estimate of drug-likeness (QED) is 0.875. The smallest absolute Gasteiger partial charge is 0.242 e. The third-order valence-electron chi connectivity index (χ3n) is 3.10. The van der Waals surface area contributed by atoms with E-state index in [1.165, 1.54) is 5.56 Å². The topological polar surface area (TPSA) is 41.1 Å². The fourth-order valence-electron chi connectivity index (χ4n) is 1.99. The van der Waals surface area contributed by atoms with Gasteiger partial charge in [0.15, 0.2) is 0 Å². The average Bonchev–Trinajstić information content (AvgIpc) is 2.46. The number of amides is 1. The summed E-state index contributed by atoms with van der Waals surface area (Å²) < 4.78 is 0. The van der Waals surface area contributed by atoms with Gasteiger partial charge in [-0.2, -0.15) is 0 Å². The molecule has 0 spiro atoms. The van der Waals surface area contributed by atoms with Crippen LogP contribution in [0.5, 0.6) is 0 Å². The highest BCUT2D eigenvalue weighted by Gasteiger charge is 2.11. The molecule has 2 aromatic rings. The minimum absolute atomic E-state index is 0.00430. The number of rotatable bonds is 5. The normalized spacial score (nSPS) is 11.7. The molecule has 0 fully saturated rings. The van der Waals surface area contributed by atoms with E-state index in [0.29, 0.717) is 6.54 Å². The molecule has 20 heavy (non-hydrogen) atoms. The number of carbonyl (C=O) groups excluding carboxylic acids is 1. The maximum Gasteiger partial charge on any atom is 0.242 e. The molecule has 0 aromatic heterocycles. The molecule has 1 amide bonds. The zero-order valence-corrected chi connectivity index (χ0v) is 11.9. The predicted molar refractivity (Wildman–Crippen MR) is 82.6 cm³/mol. The van der Waals surface area contributed by atoms with E-state index < -0.39 is 0 Å². The molecule has 2 N–H and O–H groups in total. The van der Waals surface area contributed by atoms with Crippen LogP contribution in [-0.2, 0) is 11.3 Å². The Morgan fingerprint density at radius 3 is 2.55 bits per heavy atom. The highest BCUT2D eigenvalue weighted by atomic mass is 16.2. The number of aryl methyl sites for hydroxylation is 1. The highest BCUT2D eigenvalue weighted by molar-refractivity contribution is 5.84. The summed E-state index contributed by atoms with van der Waals surface area (Å²) in [5, 5.41) is 6.14. The van der Waals surface area contributed by atoms with Crippen LogP contribution in [-0.4, -0.2) is 11.9 Å². The van der Waals surface area contributed by atoms with Crippen LogP contribution in [0.4, 0.5) is 5.69 Å². The van der Waals surface area contributed by atoms with Crippen molar-refractivity contribution < 1.29 is 4.79 Å². The Kier molecular flexibility index (Phi) is 4.77. The molecule has 104 valence electrons. The van der Waals surface area contributed by atoms with Crippen molar-refractivity contribution in [3.8, 4) is 0 Å². The van der Waals surface area contributed by atoms with Crippen LogP contribution in [0.3, 0.4) is 0 Å². The monoisotopic (exact) mass is 268 g/mol. The second-order valence-corrected chi connectivity index (χ2v) is 4.94. The van der Waals surface area contributed by atoms with Crippen molar-refractivity contribution in [2.24, 2.45) is 0 Å². The number of carbonyl (C=O) groups is 1. The van der Waals surface area contributed by atoms with Gasteiger partial charge in [-0.05, 0) is 37.1 Å². The van der Waals surface area contributed by atoms with Gasteiger partial charge in [-0.3, -0.25) is 4.79 Å². The summed E-state index contributed by atoms with van der Waals surface area (Å²) in [7, 11) is 0. The summed E-state index contributed by atoms with van der Waals surface area (Å²) in [6, 6.07) is 17.6. The molecule has 2 aromatic carbocycles. The van der Waals surface area contributed by atoms with Gasteiger partial charge >= 0.3 is 0 Å². The molecule has 3 nitrogen and oxygen atoms in total. The molecule has 0 aliphatic heterocycles. The first-order valence-corrected chi connectivity index (χ1v) is 6.80. The molecule has 1 atom stereocenters. The number of anilines is 1. The van der Waals surface area contributed by atoms with Gasteiger partial charge in [0.2, 0.25) is 5.91 Å². The van der Waals surface area contributed by atoms with Crippen molar-refractivity contribution in [2.75, 3.05) is 5.32 Å². The Hall–Kier alpha value is -2.29. The number of benzene rings is 2. The first kappa shape index (κ1) is 14.1. The lowest BCUT2D eigenvalue weighted by molar-refractivity contribution is -0.121.